The molecule has 0 heterocycles. The summed E-state index contributed by atoms with van der Waals surface area (Å²) in [7, 11) is 0. The molecule has 1 aromatic rings. The zero-order chi connectivity index (χ0) is 5.98. The fraction of sp³-hybridized carbons (Fsp3) is 0. The van der Waals surface area contributed by atoms with Gasteiger partial charge in [0.25, 0.3) is 0 Å². The Bertz CT molecular complexity index is 165. The molecule has 0 radical (unpaired) electrons. The monoisotopic (exact) mass is 189 g/mol. The van der Waals surface area contributed by atoms with E-state index >= 15 is 0 Å². The molecule has 44 valence electrons. The summed E-state index contributed by atoms with van der Waals surface area (Å²) in [6, 6.07) is 7.50. The van der Waals surface area contributed by atoms with Crippen molar-refractivity contribution < 1.29 is 19.5 Å². The maximum atomic E-state index is 5.65. The molecule has 0 spiro atoms. The van der Waals surface area contributed by atoms with E-state index in [1.54, 1.807) is 0 Å². The van der Waals surface area contributed by atoms with E-state index in [9.17, 15) is 0 Å². The predicted molar refractivity (Wildman–Crippen MR) is 35.9 cm³/mol. The molecule has 0 nitrogen and oxygen atoms in total. The van der Waals surface area contributed by atoms with E-state index in [-0.39, 0.29) is 19.5 Å². The third-order valence-corrected chi connectivity index (χ3v) is 1.33. The molecule has 0 N–H and O–H groups in total. The van der Waals surface area contributed by atoms with Crippen LogP contribution >= 0.6 is 11.6 Å². The number of hydrogen-bond donors (Lipinski definition) is 0. The fourth-order valence-electron chi connectivity index (χ4n) is 0.498. The summed E-state index contributed by atoms with van der Waals surface area (Å²) >= 11 is 5.65. The van der Waals surface area contributed by atoms with Crippen LogP contribution in [0.5, 0.6) is 0 Å². The van der Waals surface area contributed by atoms with Crippen molar-refractivity contribution in [3.63, 3.8) is 0 Å². The molecular formula is C7H6ClZn-. The largest absolute Gasteiger partial charge is 0.197 e. The minimum atomic E-state index is 0. The third-order valence-electron chi connectivity index (χ3n) is 0.958. The topological polar surface area (TPSA) is 0 Å². The van der Waals surface area contributed by atoms with E-state index in [1.165, 1.54) is 0 Å². The Morgan fingerprint density at radius 1 is 1.22 bits per heavy atom. The van der Waals surface area contributed by atoms with Gasteiger partial charge in [-0.25, -0.2) is 0 Å². The molecule has 0 aliphatic carbocycles. The number of hydrogen-bond acceptors (Lipinski definition) is 0. The van der Waals surface area contributed by atoms with Gasteiger partial charge in [-0.2, -0.15) is 30.2 Å². The molecule has 0 atom stereocenters. The maximum Gasteiger partial charge on any atom is 0 e. The van der Waals surface area contributed by atoms with Crippen molar-refractivity contribution in [1.82, 2.24) is 0 Å². The molecule has 0 bridgehead atoms. The van der Waals surface area contributed by atoms with Gasteiger partial charge >= 0.3 is 0 Å². The van der Waals surface area contributed by atoms with E-state index < -0.39 is 0 Å². The van der Waals surface area contributed by atoms with Crippen LogP contribution in [0.3, 0.4) is 0 Å². The van der Waals surface area contributed by atoms with Crippen LogP contribution in [0.15, 0.2) is 24.3 Å². The zero-order valence-electron chi connectivity index (χ0n) is 5.10. The van der Waals surface area contributed by atoms with Gasteiger partial charge in [0.15, 0.2) is 0 Å². The molecule has 0 saturated carbocycles. The van der Waals surface area contributed by atoms with Crippen LogP contribution in [-0.2, 0) is 19.5 Å². The first-order chi connectivity index (χ1) is 3.80. The van der Waals surface area contributed by atoms with Crippen molar-refractivity contribution >= 4 is 11.6 Å². The molecule has 0 amide bonds. The molecule has 0 aromatic heterocycles. The Balaban J connectivity index is 0.000000640. The van der Waals surface area contributed by atoms with Crippen LogP contribution in [0.4, 0.5) is 0 Å². The minimum Gasteiger partial charge on any atom is -0.197 e. The van der Waals surface area contributed by atoms with Gasteiger partial charge in [-0.1, -0.05) is 11.1 Å². The number of halogens is 1. The second kappa shape index (κ2) is 3.92. The molecule has 0 unspecified atom stereocenters. The van der Waals surface area contributed by atoms with Gasteiger partial charge < -0.3 is 0 Å². The van der Waals surface area contributed by atoms with E-state index in [0.29, 0.717) is 0 Å². The predicted octanol–water partition coefficient (Wildman–Crippen LogP) is 2.52. The van der Waals surface area contributed by atoms with Crippen molar-refractivity contribution in [3.8, 4) is 0 Å². The average molecular weight is 191 g/mol. The van der Waals surface area contributed by atoms with E-state index in [2.05, 4.69) is 6.92 Å². The Morgan fingerprint density at radius 3 is 2.11 bits per heavy atom. The molecule has 1 rings (SSSR count). The quantitative estimate of drug-likeness (QED) is 0.436. The Labute approximate surface area is 73.0 Å². The van der Waals surface area contributed by atoms with Gasteiger partial charge in [-0.15, -0.1) is 12.1 Å². The standard InChI is InChI=1S/C7H6Cl.Zn/c1-6-4-2-3-5-7(6)8;/h2-5H,1H2;/q-1;. The van der Waals surface area contributed by atoms with Crippen LogP contribution in [0.25, 0.3) is 0 Å². The normalized spacial score (nSPS) is 8.11. The Hall–Kier alpha value is 0.00338. The number of benzene rings is 1. The Morgan fingerprint density at radius 2 is 1.78 bits per heavy atom. The fourth-order valence-corrected chi connectivity index (χ4v) is 0.634. The van der Waals surface area contributed by atoms with Crippen molar-refractivity contribution in [2.45, 2.75) is 0 Å². The zero-order valence-corrected chi connectivity index (χ0v) is 8.82. The van der Waals surface area contributed by atoms with Gasteiger partial charge in [-0.3, -0.25) is 0 Å². The third kappa shape index (κ3) is 2.38. The van der Waals surface area contributed by atoms with Crippen LogP contribution < -0.4 is 0 Å². The van der Waals surface area contributed by atoms with Gasteiger partial charge in [0.05, 0.1) is 0 Å². The van der Waals surface area contributed by atoms with Crippen molar-refractivity contribution in [1.29, 1.82) is 0 Å². The molecule has 1 aromatic carbocycles. The van der Waals surface area contributed by atoms with E-state index in [4.69, 9.17) is 11.6 Å². The average Bonchev–Trinajstić information content (AvgIpc) is 1.77. The molecule has 9 heavy (non-hydrogen) atoms. The van der Waals surface area contributed by atoms with Crippen molar-refractivity contribution in [3.05, 3.63) is 41.8 Å². The first-order valence-electron chi connectivity index (χ1n) is 2.37. The molecule has 2 heteroatoms. The summed E-state index contributed by atoms with van der Waals surface area (Å²) in [5.41, 5.74) is 0.883. The van der Waals surface area contributed by atoms with Crippen LogP contribution in [-0.4, -0.2) is 0 Å². The second-order valence-electron chi connectivity index (χ2n) is 1.59. The molecule has 0 aliphatic heterocycles. The first-order valence-corrected chi connectivity index (χ1v) is 2.75. The molecule has 0 fully saturated rings. The summed E-state index contributed by atoms with van der Waals surface area (Å²) in [6.45, 7) is 3.69. The van der Waals surface area contributed by atoms with Crippen LogP contribution in [0, 0.1) is 6.92 Å². The number of rotatable bonds is 0. The van der Waals surface area contributed by atoms with Crippen LogP contribution in [0.2, 0.25) is 5.02 Å². The molecular weight excluding hydrogens is 185 g/mol. The summed E-state index contributed by atoms with van der Waals surface area (Å²) in [5, 5.41) is 0.729. The van der Waals surface area contributed by atoms with Gasteiger partial charge in [-0.05, 0) is 0 Å². The van der Waals surface area contributed by atoms with E-state index in [1.807, 2.05) is 24.3 Å². The SMILES string of the molecule is [CH2-]c1ccccc1Cl.[Zn]. The van der Waals surface area contributed by atoms with Gasteiger partial charge in [0, 0.05) is 19.5 Å². The minimum absolute atomic E-state index is 0. The smallest absolute Gasteiger partial charge is 0 e. The summed E-state index contributed by atoms with van der Waals surface area (Å²) < 4.78 is 0. The van der Waals surface area contributed by atoms with Gasteiger partial charge in [0.1, 0.15) is 0 Å². The second-order valence-corrected chi connectivity index (χ2v) is 2.00. The summed E-state index contributed by atoms with van der Waals surface area (Å²) in [4.78, 5) is 0. The van der Waals surface area contributed by atoms with Crippen molar-refractivity contribution in [2.24, 2.45) is 0 Å². The molecule has 0 saturated heterocycles. The van der Waals surface area contributed by atoms with Gasteiger partial charge in [0.2, 0.25) is 0 Å². The summed E-state index contributed by atoms with van der Waals surface area (Å²) in [6.07, 6.45) is 0. The van der Waals surface area contributed by atoms with Crippen LogP contribution in [0.1, 0.15) is 5.56 Å². The first kappa shape index (κ1) is 9.00. The van der Waals surface area contributed by atoms with Crippen molar-refractivity contribution in [2.75, 3.05) is 0 Å². The Kier molecular flexibility index (Phi) is 3.92. The maximum absolute atomic E-state index is 5.65. The molecule has 0 aliphatic rings. The summed E-state index contributed by atoms with van der Waals surface area (Å²) in [5.74, 6) is 0. The van der Waals surface area contributed by atoms with E-state index in [0.717, 1.165) is 10.6 Å².